The van der Waals surface area contributed by atoms with Gasteiger partial charge in [0.1, 0.15) is 5.82 Å². The average Bonchev–Trinajstić information content (AvgIpc) is 2.75. The van der Waals surface area contributed by atoms with Crippen LogP contribution in [0.15, 0.2) is 24.3 Å². The Morgan fingerprint density at radius 1 is 0.871 bits per heavy atom. The van der Waals surface area contributed by atoms with E-state index in [9.17, 15) is 9.50 Å². The maximum absolute atomic E-state index is 13.7. The first kappa shape index (κ1) is 25.5. The van der Waals surface area contributed by atoms with Crippen molar-refractivity contribution in [3.8, 4) is 11.1 Å². The Morgan fingerprint density at radius 3 is 1.84 bits per heavy atom. The van der Waals surface area contributed by atoms with E-state index in [0.717, 1.165) is 73.4 Å². The van der Waals surface area contributed by atoms with Gasteiger partial charge in [-0.05, 0) is 66.6 Å². The third-order valence-corrected chi connectivity index (χ3v) is 5.89. The molecular formula is C27H41FN2O. The molecule has 4 heteroatoms. The van der Waals surface area contributed by atoms with Crippen LogP contribution in [-0.4, -0.2) is 28.1 Å². The molecule has 0 aliphatic rings. The molecule has 1 N–H and O–H groups in total. The first-order chi connectivity index (χ1) is 14.8. The number of aromatic nitrogens is 1. The van der Waals surface area contributed by atoms with Gasteiger partial charge in [-0.25, -0.2) is 4.39 Å². The van der Waals surface area contributed by atoms with Gasteiger partial charge >= 0.3 is 0 Å². The van der Waals surface area contributed by atoms with E-state index in [1.807, 2.05) is 12.1 Å². The van der Waals surface area contributed by atoms with Crippen LogP contribution >= 0.6 is 0 Å². The van der Waals surface area contributed by atoms with Crippen LogP contribution in [0.25, 0.3) is 11.1 Å². The number of rotatable bonds is 12. The second-order valence-corrected chi connectivity index (χ2v) is 9.17. The molecule has 0 saturated carbocycles. The Kier molecular flexibility index (Phi) is 10.1. The topological polar surface area (TPSA) is 36.4 Å². The van der Waals surface area contributed by atoms with E-state index in [2.05, 4.69) is 46.4 Å². The zero-order valence-electron chi connectivity index (χ0n) is 20.3. The fourth-order valence-electron chi connectivity index (χ4n) is 4.20. The van der Waals surface area contributed by atoms with Crippen LogP contribution in [0.1, 0.15) is 102 Å². The van der Waals surface area contributed by atoms with Gasteiger partial charge in [-0.15, -0.1) is 0 Å². The number of benzene rings is 1. The average molecular weight is 429 g/mol. The third kappa shape index (κ3) is 6.60. The Morgan fingerprint density at radius 2 is 1.39 bits per heavy atom. The van der Waals surface area contributed by atoms with Crippen LogP contribution in [-0.2, 0) is 13.2 Å². The molecule has 0 aliphatic heterocycles. The predicted molar refractivity (Wildman–Crippen MR) is 129 cm³/mol. The minimum absolute atomic E-state index is 0.0669. The summed E-state index contributed by atoms with van der Waals surface area (Å²) in [5.74, 6) is 0.216. The summed E-state index contributed by atoms with van der Waals surface area (Å²) in [5.41, 5.74) is 6.11. The van der Waals surface area contributed by atoms with Crippen molar-refractivity contribution in [3.63, 3.8) is 0 Å². The van der Waals surface area contributed by atoms with E-state index in [1.54, 1.807) is 0 Å². The van der Waals surface area contributed by atoms with Crippen LogP contribution in [0.3, 0.4) is 0 Å². The smallest absolute Gasteiger partial charge is 0.123 e. The Balaban J connectivity index is 2.73. The molecule has 3 nitrogen and oxygen atoms in total. The summed E-state index contributed by atoms with van der Waals surface area (Å²) in [4.78, 5) is 7.63. The lowest BCUT2D eigenvalue weighted by atomic mass is 9.87. The normalized spacial score (nSPS) is 11.8. The number of aliphatic hydroxyl groups excluding tert-OH is 1. The molecule has 31 heavy (non-hydrogen) atoms. The number of hydrogen-bond donors (Lipinski definition) is 1. The lowest BCUT2D eigenvalue weighted by Crippen LogP contribution is -2.27. The quantitative estimate of drug-likeness (QED) is 0.394. The maximum atomic E-state index is 13.7. The Bertz CT molecular complexity index is 807. The second-order valence-electron chi connectivity index (χ2n) is 9.17. The minimum atomic E-state index is -0.245. The largest absolute Gasteiger partial charge is 0.392 e. The summed E-state index contributed by atoms with van der Waals surface area (Å²) in [7, 11) is 0. The molecule has 0 unspecified atom stereocenters. The van der Waals surface area contributed by atoms with E-state index >= 15 is 0 Å². The zero-order chi connectivity index (χ0) is 23.0. The fourth-order valence-corrected chi connectivity index (χ4v) is 4.20. The van der Waals surface area contributed by atoms with Gasteiger partial charge in [-0.1, -0.05) is 66.5 Å². The Hall–Kier alpha value is -1.78. The van der Waals surface area contributed by atoms with Crippen molar-refractivity contribution in [1.29, 1.82) is 0 Å². The van der Waals surface area contributed by atoms with Gasteiger partial charge in [0.25, 0.3) is 0 Å². The van der Waals surface area contributed by atoms with Gasteiger partial charge in [0.2, 0.25) is 0 Å². The zero-order valence-corrected chi connectivity index (χ0v) is 20.3. The molecule has 0 radical (unpaired) electrons. The highest BCUT2D eigenvalue weighted by Gasteiger charge is 2.24. The summed E-state index contributed by atoms with van der Waals surface area (Å²) in [6.07, 6.45) is 4.65. The predicted octanol–water partition coefficient (Wildman–Crippen LogP) is 7.03. The third-order valence-electron chi connectivity index (χ3n) is 5.89. The SMILES string of the molecule is CCCCN(CCCC)Cc1c(C(C)C)nc(C(C)C)c(CO)c1-c1ccc(F)cc1. The molecule has 0 aliphatic carbocycles. The van der Waals surface area contributed by atoms with Gasteiger partial charge in [0.05, 0.1) is 6.61 Å². The number of unbranched alkanes of at least 4 members (excludes halogenated alkanes) is 2. The van der Waals surface area contributed by atoms with Gasteiger partial charge in [0.15, 0.2) is 0 Å². The van der Waals surface area contributed by atoms with Crippen molar-refractivity contribution in [1.82, 2.24) is 9.88 Å². The number of halogens is 1. The van der Waals surface area contributed by atoms with Crippen molar-refractivity contribution < 1.29 is 9.50 Å². The summed E-state index contributed by atoms with van der Waals surface area (Å²) in [6, 6.07) is 6.70. The first-order valence-corrected chi connectivity index (χ1v) is 12.0. The maximum Gasteiger partial charge on any atom is 0.123 e. The molecule has 2 aromatic rings. The van der Waals surface area contributed by atoms with Gasteiger partial charge in [-0.2, -0.15) is 0 Å². The van der Waals surface area contributed by atoms with E-state index in [0.29, 0.717) is 0 Å². The lowest BCUT2D eigenvalue weighted by Gasteiger charge is -2.29. The summed E-state index contributed by atoms with van der Waals surface area (Å²) >= 11 is 0. The van der Waals surface area contributed by atoms with E-state index in [-0.39, 0.29) is 24.3 Å². The first-order valence-electron chi connectivity index (χ1n) is 12.0. The van der Waals surface area contributed by atoms with E-state index < -0.39 is 0 Å². The molecular weight excluding hydrogens is 387 g/mol. The van der Waals surface area contributed by atoms with Crippen LogP contribution in [0, 0.1) is 5.82 Å². The van der Waals surface area contributed by atoms with E-state index in [4.69, 9.17) is 4.98 Å². The van der Waals surface area contributed by atoms with E-state index in [1.165, 1.54) is 17.7 Å². The van der Waals surface area contributed by atoms with Crippen LogP contribution in [0.4, 0.5) is 4.39 Å². The molecule has 0 saturated heterocycles. The molecule has 1 aromatic carbocycles. The molecule has 172 valence electrons. The number of pyridine rings is 1. The van der Waals surface area contributed by atoms with Crippen molar-refractivity contribution in [3.05, 3.63) is 52.6 Å². The molecule has 0 spiro atoms. The number of aliphatic hydroxyl groups is 1. The molecule has 1 heterocycles. The second kappa shape index (κ2) is 12.3. The molecule has 0 fully saturated rings. The number of nitrogens with zero attached hydrogens (tertiary/aromatic N) is 2. The van der Waals surface area contributed by atoms with Crippen LogP contribution in [0.2, 0.25) is 0 Å². The molecule has 0 bridgehead atoms. The highest BCUT2D eigenvalue weighted by atomic mass is 19.1. The van der Waals surface area contributed by atoms with Gasteiger partial charge in [-0.3, -0.25) is 9.88 Å². The van der Waals surface area contributed by atoms with Crippen LogP contribution < -0.4 is 0 Å². The van der Waals surface area contributed by atoms with Crippen molar-refractivity contribution >= 4 is 0 Å². The van der Waals surface area contributed by atoms with Crippen molar-refractivity contribution in [2.24, 2.45) is 0 Å². The summed E-state index contributed by atoms with van der Waals surface area (Å²) in [6.45, 7) is 15.9. The number of hydrogen-bond acceptors (Lipinski definition) is 3. The van der Waals surface area contributed by atoms with Gasteiger partial charge in [0, 0.05) is 23.5 Å². The van der Waals surface area contributed by atoms with Crippen LogP contribution in [0.5, 0.6) is 0 Å². The lowest BCUT2D eigenvalue weighted by molar-refractivity contribution is 0.255. The minimum Gasteiger partial charge on any atom is -0.392 e. The fraction of sp³-hybridized carbons (Fsp3) is 0.593. The molecule has 2 rings (SSSR count). The summed E-state index contributed by atoms with van der Waals surface area (Å²) in [5, 5.41) is 10.4. The highest BCUT2D eigenvalue weighted by molar-refractivity contribution is 5.73. The highest BCUT2D eigenvalue weighted by Crippen LogP contribution is 2.37. The monoisotopic (exact) mass is 428 g/mol. The van der Waals surface area contributed by atoms with Crippen molar-refractivity contribution in [2.75, 3.05) is 13.1 Å². The molecule has 0 atom stereocenters. The van der Waals surface area contributed by atoms with Gasteiger partial charge < -0.3 is 5.11 Å². The summed E-state index contributed by atoms with van der Waals surface area (Å²) < 4.78 is 13.7. The Labute approximate surface area is 188 Å². The molecule has 1 aromatic heterocycles. The molecule has 0 amide bonds. The van der Waals surface area contributed by atoms with Crippen molar-refractivity contribution in [2.45, 2.75) is 92.2 Å². The standard InChI is InChI=1S/C27H41FN2O/c1-7-9-15-30(16-10-8-2)17-23-25(21-11-13-22(28)14-12-21)24(18-31)27(20(5)6)29-26(23)19(3)4/h11-14,19-20,31H,7-10,15-18H2,1-6H3.